The van der Waals surface area contributed by atoms with Crippen molar-refractivity contribution in [2.75, 3.05) is 5.73 Å². The largest absolute Gasteiger partial charge is 0.476 e. The topological polar surface area (TPSA) is 105 Å². The summed E-state index contributed by atoms with van der Waals surface area (Å²) < 4.78 is 27.7. The molecule has 8 heteroatoms. The van der Waals surface area contributed by atoms with Crippen LogP contribution in [-0.2, 0) is 0 Å². The molecule has 1 aromatic carbocycles. The maximum Gasteiger partial charge on any atom is 0.357 e. The predicted octanol–water partition coefficient (Wildman–Crippen LogP) is 1.30. The van der Waals surface area contributed by atoms with Crippen molar-refractivity contribution in [3.63, 3.8) is 0 Å². The van der Waals surface area contributed by atoms with E-state index in [-0.39, 0.29) is 0 Å². The smallest absolute Gasteiger partial charge is 0.357 e. The van der Waals surface area contributed by atoms with Gasteiger partial charge in [0, 0.05) is 0 Å². The summed E-state index contributed by atoms with van der Waals surface area (Å²) in [5, 5.41) is 21.1. The van der Waals surface area contributed by atoms with Crippen LogP contribution in [0.1, 0.15) is 16.1 Å². The minimum atomic E-state index is -1.52. The lowest BCUT2D eigenvalue weighted by molar-refractivity contribution is 0.0689. The van der Waals surface area contributed by atoms with Gasteiger partial charge in [-0.2, -0.15) is 10.4 Å². The molecule has 2 rings (SSSR count). The van der Waals surface area contributed by atoms with Gasteiger partial charge in [-0.3, -0.25) is 0 Å². The fourth-order valence-corrected chi connectivity index (χ4v) is 1.55. The predicted molar refractivity (Wildman–Crippen MR) is 59.6 cm³/mol. The van der Waals surface area contributed by atoms with Gasteiger partial charge in [0.2, 0.25) is 0 Å². The molecule has 0 saturated heterocycles. The number of nitrogen functional groups attached to an aromatic ring is 1. The quantitative estimate of drug-likeness (QED) is 0.850. The Labute approximate surface area is 105 Å². The van der Waals surface area contributed by atoms with E-state index in [2.05, 4.69) is 5.10 Å². The minimum Gasteiger partial charge on any atom is -0.476 e. The number of para-hydroxylation sites is 1. The van der Waals surface area contributed by atoms with Crippen LogP contribution in [0.2, 0.25) is 0 Å². The molecule has 1 heterocycles. The number of hydrogen-bond acceptors (Lipinski definition) is 4. The zero-order chi connectivity index (χ0) is 14.2. The number of carboxylic acid groups (broad SMARTS) is 1. The summed E-state index contributed by atoms with van der Waals surface area (Å²) in [6, 6.07) is 4.60. The number of hydrogen-bond donors (Lipinski definition) is 2. The van der Waals surface area contributed by atoms with Crippen LogP contribution >= 0.6 is 0 Å². The second kappa shape index (κ2) is 4.38. The molecule has 0 aliphatic rings. The fraction of sp³-hybridized carbons (Fsp3) is 0. The van der Waals surface area contributed by atoms with Gasteiger partial charge in [0.1, 0.15) is 23.1 Å². The summed E-state index contributed by atoms with van der Waals surface area (Å²) in [5.41, 5.74) is 3.76. The first-order chi connectivity index (χ1) is 8.97. The Morgan fingerprint density at radius 3 is 2.42 bits per heavy atom. The molecule has 3 N–H and O–H groups in total. The van der Waals surface area contributed by atoms with Crippen LogP contribution in [0.25, 0.3) is 5.69 Å². The van der Waals surface area contributed by atoms with Gasteiger partial charge in [-0.1, -0.05) is 6.07 Å². The van der Waals surface area contributed by atoms with Gasteiger partial charge in [-0.25, -0.2) is 18.3 Å². The van der Waals surface area contributed by atoms with Gasteiger partial charge in [0.15, 0.2) is 17.3 Å². The third-order valence-corrected chi connectivity index (χ3v) is 2.38. The Bertz CT molecular complexity index is 698. The van der Waals surface area contributed by atoms with Crippen molar-refractivity contribution < 1.29 is 18.7 Å². The number of carboxylic acids is 1. The summed E-state index contributed by atoms with van der Waals surface area (Å²) in [7, 11) is 0. The third kappa shape index (κ3) is 1.87. The number of halogens is 2. The Balaban J connectivity index is 2.78. The summed E-state index contributed by atoms with van der Waals surface area (Å²) in [4.78, 5) is 10.9. The molecule has 0 aliphatic heterocycles. The van der Waals surface area contributed by atoms with Crippen molar-refractivity contribution >= 4 is 11.8 Å². The minimum absolute atomic E-state index is 0.441. The first-order valence-corrected chi connectivity index (χ1v) is 4.93. The van der Waals surface area contributed by atoms with E-state index >= 15 is 0 Å². The molecule has 0 amide bonds. The van der Waals surface area contributed by atoms with E-state index < -0.39 is 40.4 Å². The number of carbonyl (C=O) groups is 1. The molecular formula is C11H6F2N4O2. The van der Waals surface area contributed by atoms with Gasteiger partial charge in [0.05, 0.1) is 0 Å². The Kier molecular flexibility index (Phi) is 2.88. The molecule has 96 valence electrons. The molecule has 0 saturated carbocycles. The molecule has 0 aliphatic carbocycles. The molecule has 0 fully saturated rings. The van der Waals surface area contributed by atoms with E-state index in [1.807, 2.05) is 0 Å². The number of nitriles is 1. The zero-order valence-corrected chi connectivity index (χ0v) is 9.26. The van der Waals surface area contributed by atoms with Crippen LogP contribution in [0.3, 0.4) is 0 Å². The number of benzene rings is 1. The molecule has 0 radical (unpaired) electrons. The van der Waals surface area contributed by atoms with Crippen molar-refractivity contribution in [1.29, 1.82) is 5.26 Å². The van der Waals surface area contributed by atoms with Gasteiger partial charge in [-0.05, 0) is 12.1 Å². The van der Waals surface area contributed by atoms with Crippen LogP contribution in [0.5, 0.6) is 0 Å². The summed E-state index contributed by atoms with van der Waals surface area (Å²) in [5.74, 6) is -3.91. The molecule has 6 nitrogen and oxygen atoms in total. The van der Waals surface area contributed by atoms with Gasteiger partial charge in [0.25, 0.3) is 0 Å². The van der Waals surface area contributed by atoms with Crippen LogP contribution in [0.15, 0.2) is 18.2 Å². The Hall–Kier alpha value is -2.95. The van der Waals surface area contributed by atoms with Crippen LogP contribution in [0.4, 0.5) is 14.6 Å². The molecular weight excluding hydrogens is 258 g/mol. The third-order valence-electron chi connectivity index (χ3n) is 2.38. The summed E-state index contributed by atoms with van der Waals surface area (Å²) in [6.07, 6.45) is 0. The maximum atomic E-state index is 13.6. The second-order valence-corrected chi connectivity index (χ2v) is 3.51. The van der Waals surface area contributed by atoms with E-state index in [0.29, 0.717) is 4.68 Å². The summed E-state index contributed by atoms with van der Waals surface area (Å²) in [6.45, 7) is 0. The summed E-state index contributed by atoms with van der Waals surface area (Å²) >= 11 is 0. The van der Waals surface area contributed by atoms with Gasteiger partial charge in [-0.15, -0.1) is 0 Å². The van der Waals surface area contributed by atoms with Crippen LogP contribution in [-0.4, -0.2) is 20.9 Å². The van der Waals surface area contributed by atoms with E-state index in [1.165, 1.54) is 0 Å². The molecule has 0 bridgehead atoms. The first-order valence-electron chi connectivity index (χ1n) is 4.93. The molecule has 19 heavy (non-hydrogen) atoms. The van der Waals surface area contributed by atoms with Crippen LogP contribution < -0.4 is 5.73 Å². The second-order valence-electron chi connectivity index (χ2n) is 3.51. The average Bonchev–Trinajstić information content (AvgIpc) is 2.67. The van der Waals surface area contributed by atoms with Crippen LogP contribution in [0, 0.1) is 23.0 Å². The molecule has 0 spiro atoms. The fourth-order valence-electron chi connectivity index (χ4n) is 1.55. The zero-order valence-electron chi connectivity index (χ0n) is 9.26. The van der Waals surface area contributed by atoms with Gasteiger partial charge >= 0.3 is 5.97 Å². The normalized spacial score (nSPS) is 10.2. The monoisotopic (exact) mass is 264 g/mol. The highest BCUT2D eigenvalue weighted by atomic mass is 19.1. The first kappa shape index (κ1) is 12.5. The van der Waals surface area contributed by atoms with E-state index in [1.54, 1.807) is 6.07 Å². The highest BCUT2D eigenvalue weighted by molar-refractivity contribution is 5.90. The molecule has 0 atom stereocenters. The molecule has 1 aromatic heterocycles. The van der Waals surface area contributed by atoms with Crippen molar-refractivity contribution in [2.24, 2.45) is 0 Å². The lowest BCUT2D eigenvalue weighted by Gasteiger charge is -2.06. The highest BCUT2D eigenvalue weighted by Gasteiger charge is 2.24. The lowest BCUT2D eigenvalue weighted by Crippen LogP contribution is -2.07. The Morgan fingerprint density at radius 1 is 1.42 bits per heavy atom. The van der Waals surface area contributed by atoms with Crippen molar-refractivity contribution in [1.82, 2.24) is 9.78 Å². The average molecular weight is 264 g/mol. The van der Waals surface area contributed by atoms with Crippen molar-refractivity contribution in [2.45, 2.75) is 0 Å². The number of aromatic carboxylic acids is 1. The number of nitrogens with two attached hydrogens (primary N) is 1. The molecule has 2 aromatic rings. The van der Waals surface area contributed by atoms with Crippen molar-refractivity contribution in [3.8, 4) is 11.8 Å². The number of nitrogens with zero attached hydrogens (tertiary/aromatic N) is 3. The number of aromatic nitrogens is 2. The number of anilines is 1. The molecule has 0 unspecified atom stereocenters. The van der Waals surface area contributed by atoms with E-state index in [0.717, 1.165) is 18.2 Å². The SMILES string of the molecule is N#Cc1c(C(=O)O)nn(-c2c(F)cccc2F)c1N. The number of rotatable bonds is 2. The van der Waals surface area contributed by atoms with Gasteiger partial charge < -0.3 is 10.8 Å². The standard InChI is InChI=1S/C11H6F2N4O2/c12-6-2-1-3-7(13)9(6)17-10(15)5(4-14)8(16-17)11(18)19/h1-3H,15H2,(H,18,19). The van der Waals surface area contributed by atoms with E-state index in [4.69, 9.17) is 16.1 Å². The highest BCUT2D eigenvalue weighted by Crippen LogP contribution is 2.24. The van der Waals surface area contributed by atoms with E-state index in [9.17, 15) is 13.6 Å². The maximum absolute atomic E-state index is 13.6. The van der Waals surface area contributed by atoms with Crippen molar-refractivity contribution in [3.05, 3.63) is 41.1 Å². The Morgan fingerprint density at radius 2 is 2.00 bits per heavy atom. The lowest BCUT2D eigenvalue weighted by atomic mass is 10.2.